The molecule has 2 aromatic rings. The maximum atomic E-state index is 9.16. The molecular weight excluding hydrogens is 305 g/mol. The molecule has 108 valence electrons. The Morgan fingerprint density at radius 2 is 1.81 bits per heavy atom. The molecule has 1 N–H and O–H groups in total. The quantitative estimate of drug-likeness (QED) is 0.544. The van der Waals surface area contributed by atoms with Crippen molar-refractivity contribution >= 4 is 28.9 Å². The molecule has 0 fully saturated rings. The van der Waals surface area contributed by atoms with Crippen molar-refractivity contribution < 1.29 is 5.21 Å². The minimum Gasteiger partial charge on any atom is -0.411 e. The van der Waals surface area contributed by atoms with Crippen molar-refractivity contribution in [2.75, 3.05) is 0 Å². The van der Waals surface area contributed by atoms with E-state index in [1.807, 2.05) is 18.2 Å². The Morgan fingerprint density at radius 3 is 2.52 bits per heavy atom. The number of hydrogen-bond donors (Lipinski definition) is 1. The van der Waals surface area contributed by atoms with E-state index < -0.39 is 0 Å². The maximum absolute atomic E-state index is 9.16. The summed E-state index contributed by atoms with van der Waals surface area (Å²) in [6, 6.07) is 11.5. The van der Waals surface area contributed by atoms with Crippen molar-refractivity contribution in [3.8, 4) is 11.1 Å². The first-order valence-corrected chi connectivity index (χ1v) is 7.49. The highest BCUT2D eigenvalue weighted by molar-refractivity contribution is 6.35. The molecule has 0 heterocycles. The van der Waals surface area contributed by atoms with Crippen LogP contribution in [-0.2, 0) is 5.41 Å². The third-order valence-electron chi connectivity index (χ3n) is 4.03. The van der Waals surface area contributed by atoms with Crippen LogP contribution in [0.3, 0.4) is 0 Å². The maximum Gasteiger partial charge on any atom is 0.0879 e. The topological polar surface area (TPSA) is 32.6 Å². The third kappa shape index (κ3) is 2.43. The first kappa shape index (κ1) is 14.4. The highest BCUT2D eigenvalue weighted by atomic mass is 35.5. The van der Waals surface area contributed by atoms with Crippen molar-refractivity contribution in [3.63, 3.8) is 0 Å². The first-order chi connectivity index (χ1) is 9.92. The minimum absolute atomic E-state index is 0.0576. The van der Waals surface area contributed by atoms with E-state index >= 15 is 0 Å². The van der Waals surface area contributed by atoms with Gasteiger partial charge in [-0.3, -0.25) is 0 Å². The Hall–Kier alpha value is -1.51. The minimum atomic E-state index is -0.0576. The molecule has 21 heavy (non-hydrogen) atoms. The highest BCUT2D eigenvalue weighted by Gasteiger charge is 2.35. The summed E-state index contributed by atoms with van der Waals surface area (Å²) < 4.78 is 0. The number of oxime groups is 1. The van der Waals surface area contributed by atoms with Crippen molar-refractivity contribution in [2.45, 2.75) is 25.7 Å². The lowest BCUT2D eigenvalue weighted by molar-refractivity contribution is 0.317. The lowest BCUT2D eigenvalue weighted by Gasteiger charge is -2.19. The van der Waals surface area contributed by atoms with Gasteiger partial charge in [0.1, 0.15) is 0 Å². The fourth-order valence-corrected chi connectivity index (χ4v) is 3.34. The lowest BCUT2D eigenvalue weighted by Crippen LogP contribution is -2.12. The van der Waals surface area contributed by atoms with Gasteiger partial charge in [-0.2, -0.15) is 0 Å². The second-order valence-corrected chi connectivity index (χ2v) is 6.84. The van der Waals surface area contributed by atoms with E-state index in [0.717, 1.165) is 28.8 Å². The van der Waals surface area contributed by atoms with Crippen molar-refractivity contribution in [2.24, 2.45) is 5.16 Å². The van der Waals surface area contributed by atoms with Crippen LogP contribution >= 0.6 is 23.2 Å². The largest absolute Gasteiger partial charge is 0.411 e. The summed E-state index contributed by atoms with van der Waals surface area (Å²) in [6.45, 7) is 4.29. The molecular formula is C17H15Cl2NO. The van der Waals surface area contributed by atoms with Crippen LogP contribution < -0.4 is 0 Å². The monoisotopic (exact) mass is 319 g/mol. The average molecular weight is 320 g/mol. The average Bonchev–Trinajstić information content (AvgIpc) is 2.72. The van der Waals surface area contributed by atoms with Gasteiger partial charge in [0.25, 0.3) is 0 Å². The van der Waals surface area contributed by atoms with Crippen LogP contribution in [0.25, 0.3) is 11.1 Å². The first-order valence-electron chi connectivity index (χ1n) is 6.73. The van der Waals surface area contributed by atoms with Gasteiger partial charge in [0, 0.05) is 27.6 Å². The molecule has 0 spiro atoms. The van der Waals surface area contributed by atoms with Crippen LogP contribution in [-0.4, -0.2) is 10.9 Å². The van der Waals surface area contributed by atoms with E-state index in [0.29, 0.717) is 10.0 Å². The summed E-state index contributed by atoms with van der Waals surface area (Å²) in [5, 5.41) is 13.9. The van der Waals surface area contributed by atoms with Gasteiger partial charge >= 0.3 is 0 Å². The highest BCUT2D eigenvalue weighted by Crippen LogP contribution is 2.41. The molecule has 0 amide bonds. The predicted octanol–water partition coefficient (Wildman–Crippen LogP) is 5.52. The van der Waals surface area contributed by atoms with Gasteiger partial charge in [0.05, 0.1) is 5.71 Å². The Bertz CT molecular complexity index is 750. The Kier molecular flexibility index (Phi) is 3.46. The fourth-order valence-electron chi connectivity index (χ4n) is 2.94. The second-order valence-electron chi connectivity index (χ2n) is 5.99. The number of halogens is 2. The van der Waals surface area contributed by atoms with Crippen molar-refractivity contribution in [1.29, 1.82) is 0 Å². The summed E-state index contributed by atoms with van der Waals surface area (Å²) in [4.78, 5) is 0. The van der Waals surface area contributed by atoms with Gasteiger partial charge in [0.15, 0.2) is 0 Å². The molecule has 0 aliphatic heterocycles. The third-order valence-corrected chi connectivity index (χ3v) is 4.59. The molecule has 1 aliphatic carbocycles. The molecule has 0 bridgehead atoms. The molecule has 1 aliphatic rings. The number of hydrogen-bond acceptors (Lipinski definition) is 2. The Balaban J connectivity index is 2.19. The van der Waals surface area contributed by atoms with Gasteiger partial charge in [0.2, 0.25) is 0 Å². The predicted molar refractivity (Wildman–Crippen MR) is 87.9 cm³/mol. The normalized spacial score (nSPS) is 18.0. The second kappa shape index (κ2) is 5.04. The molecule has 0 unspecified atom stereocenters. The summed E-state index contributed by atoms with van der Waals surface area (Å²) in [5.74, 6) is 0. The fraction of sp³-hybridized carbons (Fsp3) is 0.235. The zero-order valence-electron chi connectivity index (χ0n) is 11.8. The van der Waals surface area contributed by atoms with E-state index in [1.165, 1.54) is 5.56 Å². The summed E-state index contributed by atoms with van der Waals surface area (Å²) in [6.07, 6.45) is 0.728. The molecule has 0 atom stereocenters. The van der Waals surface area contributed by atoms with Crippen LogP contribution in [0.1, 0.15) is 31.4 Å². The lowest BCUT2D eigenvalue weighted by atomic mass is 9.85. The standard InChI is InChI=1S/C17H15Cl2NO/c1-17(2)9-16(20-21)12-5-3-10(7-14(12)17)13-8-11(18)4-6-15(13)19/h3-8,21H,9H2,1-2H3. The molecule has 2 nitrogen and oxygen atoms in total. The van der Waals surface area contributed by atoms with E-state index in [4.69, 9.17) is 28.4 Å². The van der Waals surface area contributed by atoms with Gasteiger partial charge in [-0.15, -0.1) is 0 Å². The van der Waals surface area contributed by atoms with Crippen LogP contribution in [0.5, 0.6) is 0 Å². The Labute approximate surface area is 134 Å². The van der Waals surface area contributed by atoms with Crippen molar-refractivity contribution in [1.82, 2.24) is 0 Å². The Morgan fingerprint density at radius 1 is 1.05 bits per heavy atom. The molecule has 0 radical (unpaired) electrons. The van der Waals surface area contributed by atoms with E-state index in [9.17, 15) is 0 Å². The molecule has 0 aromatic heterocycles. The van der Waals surface area contributed by atoms with Crippen LogP contribution in [0.4, 0.5) is 0 Å². The van der Waals surface area contributed by atoms with Gasteiger partial charge in [-0.05, 0) is 40.8 Å². The summed E-state index contributed by atoms with van der Waals surface area (Å²) in [5.41, 5.74) is 4.79. The van der Waals surface area contributed by atoms with E-state index in [1.54, 1.807) is 12.1 Å². The van der Waals surface area contributed by atoms with Gasteiger partial charge in [-0.1, -0.05) is 54.3 Å². The van der Waals surface area contributed by atoms with Crippen LogP contribution in [0.2, 0.25) is 10.0 Å². The molecule has 2 aromatic carbocycles. The molecule has 4 heteroatoms. The zero-order valence-corrected chi connectivity index (χ0v) is 13.3. The SMILES string of the molecule is CC1(C)CC(=NO)c2ccc(-c3cc(Cl)ccc3Cl)cc21. The number of rotatable bonds is 1. The summed E-state index contributed by atoms with van der Waals surface area (Å²) >= 11 is 12.4. The van der Waals surface area contributed by atoms with Gasteiger partial charge < -0.3 is 5.21 Å². The molecule has 3 rings (SSSR count). The zero-order chi connectivity index (χ0) is 15.2. The van der Waals surface area contributed by atoms with Crippen LogP contribution in [0, 0.1) is 0 Å². The summed E-state index contributed by atoms with van der Waals surface area (Å²) in [7, 11) is 0. The smallest absolute Gasteiger partial charge is 0.0879 e. The van der Waals surface area contributed by atoms with E-state index in [2.05, 4.69) is 25.1 Å². The van der Waals surface area contributed by atoms with Crippen molar-refractivity contribution in [3.05, 3.63) is 57.6 Å². The molecule has 0 saturated carbocycles. The number of fused-ring (bicyclic) bond motifs is 1. The van der Waals surface area contributed by atoms with Gasteiger partial charge in [-0.25, -0.2) is 0 Å². The number of nitrogens with zero attached hydrogens (tertiary/aromatic N) is 1. The van der Waals surface area contributed by atoms with Crippen LogP contribution in [0.15, 0.2) is 41.6 Å². The molecule has 0 saturated heterocycles. The number of benzene rings is 2. The van der Waals surface area contributed by atoms with E-state index in [-0.39, 0.29) is 5.41 Å².